The van der Waals surface area contributed by atoms with Crippen molar-refractivity contribution in [1.82, 2.24) is 15.1 Å². The predicted molar refractivity (Wildman–Crippen MR) is 145 cm³/mol. The summed E-state index contributed by atoms with van der Waals surface area (Å²) < 4.78 is 13.5. The maximum atomic E-state index is 13.5. The number of amides is 1. The number of rotatable bonds is 13. The van der Waals surface area contributed by atoms with E-state index in [1.165, 1.54) is 12.1 Å². The molecule has 4 atom stereocenters. The van der Waals surface area contributed by atoms with E-state index in [0.717, 1.165) is 50.9 Å². The van der Waals surface area contributed by atoms with E-state index in [1.807, 2.05) is 19.1 Å². The molecule has 2 aliphatic heterocycles. The van der Waals surface area contributed by atoms with Crippen LogP contribution >= 0.6 is 37.7 Å². The highest BCUT2D eigenvalue weighted by atomic mass is 35.5. The largest absolute Gasteiger partial charge is 0.354 e. The highest BCUT2D eigenvalue weighted by Gasteiger charge is 2.49. The number of ketones is 1. The van der Waals surface area contributed by atoms with Crippen molar-refractivity contribution in [3.63, 3.8) is 0 Å². The van der Waals surface area contributed by atoms with E-state index in [2.05, 4.69) is 40.4 Å². The Labute approximate surface area is 220 Å². The van der Waals surface area contributed by atoms with Crippen LogP contribution in [0.2, 0.25) is 0 Å². The van der Waals surface area contributed by atoms with E-state index in [4.69, 9.17) is 0 Å². The highest BCUT2D eigenvalue weighted by Crippen LogP contribution is 2.47. The van der Waals surface area contributed by atoms with Crippen LogP contribution in [0.4, 0.5) is 4.39 Å². The van der Waals surface area contributed by atoms with E-state index in [1.54, 1.807) is 0 Å². The molecule has 9 heteroatoms. The number of nitrogens with one attached hydrogen (secondary N) is 1. The lowest BCUT2D eigenvalue weighted by molar-refractivity contribution is -0.127. The number of carbonyl (C=O) groups is 2. The minimum atomic E-state index is -0.234. The van der Waals surface area contributed by atoms with Gasteiger partial charge in [-0.25, -0.2) is 4.39 Å². The molecule has 0 spiro atoms. The summed E-state index contributed by atoms with van der Waals surface area (Å²) in [4.78, 5) is 29.9. The van der Waals surface area contributed by atoms with Gasteiger partial charge in [-0.05, 0) is 62.4 Å². The zero-order valence-electron chi connectivity index (χ0n) is 20.0. The maximum absolute atomic E-state index is 13.5. The van der Waals surface area contributed by atoms with Gasteiger partial charge in [0.15, 0.2) is 0 Å². The number of piperidine rings is 1. The topological polar surface area (TPSA) is 52.7 Å². The second-order valence-corrected chi connectivity index (χ2v) is 10.1. The number of hydrogen-bond acceptors (Lipinski definition) is 6. The number of fused-ring (bicyclic) bond motifs is 2. The van der Waals surface area contributed by atoms with Gasteiger partial charge in [-0.1, -0.05) is 19.1 Å². The van der Waals surface area contributed by atoms with Crippen LogP contribution in [0.3, 0.4) is 0 Å². The second kappa shape index (κ2) is 14.7. The molecule has 2 aliphatic rings. The minimum absolute atomic E-state index is 0. The van der Waals surface area contributed by atoms with E-state index >= 15 is 0 Å². The number of halogens is 2. The molecule has 5 nitrogen and oxygen atoms in total. The lowest BCUT2D eigenvalue weighted by Gasteiger charge is -2.44. The fourth-order valence-corrected chi connectivity index (χ4v) is 6.13. The standard InChI is InChI=1S/C25H38FN3O2S2.ClH/c1-2-23(30)25-21(18-4-6-19(26)7-5-18)16-20-8-9-22(25)29(20)12-3-11-28(13-15-33)17-24(31)27-10-14-32;/h4-7,20-22,25,32-33H,2-3,8-17H2,1H3,(H,27,31);1H. The van der Waals surface area contributed by atoms with Gasteiger partial charge in [0.1, 0.15) is 11.6 Å². The molecule has 34 heavy (non-hydrogen) atoms. The van der Waals surface area contributed by atoms with E-state index in [9.17, 15) is 14.0 Å². The van der Waals surface area contributed by atoms with Crippen molar-refractivity contribution >= 4 is 49.4 Å². The first-order valence-corrected chi connectivity index (χ1v) is 13.5. The summed E-state index contributed by atoms with van der Waals surface area (Å²) in [5, 5.41) is 2.88. The second-order valence-electron chi connectivity index (χ2n) is 9.20. The fourth-order valence-electron chi connectivity index (χ4n) is 5.73. The Balaban J connectivity index is 0.00000408. The van der Waals surface area contributed by atoms with Crippen LogP contribution in [-0.2, 0) is 9.59 Å². The van der Waals surface area contributed by atoms with Crippen LogP contribution in [0.25, 0.3) is 0 Å². The van der Waals surface area contributed by atoms with Crippen LogP contribution in [0.5, 0.6) is 0 Å². The van der Waals surface area contributed by atoms with E-state index in [0.29, 0.717) is 42.8 Å². The van der Waals surface area contributed by atoms with E-state index < -0.39 is 0 Å². The Hall–Kier alpha value is -0.800. The van der Waals surface area contributed by atoms with E-state index in [-0.39, 0.29) is 42.0 Å². The molecular weight excluding hydrogens is 493 g/mol. The first-order valence-electron chi connectivity index (χ1n) is 12.2. The first kappa shape index (κ1) is 29.4. The summed E-state index contributed by atoms with van der Waals surface area (Å²) in [7, 11) is 0. The van der Waals surface area contributed by atoms with Gasteiger partial charge in [0, 0.05) is 49.0 Å². The Morgan fingerprint density at radius 1 is 1.15 bits per heavy atom. The van der Waals surface area contributed by atoms with Crippen molar-refractivity contribution in [2.75, 3.05) is 44.2 Å². The number of carbonyl (C=O) groups excluding carboxylic acids is 2. The normalized spacial score (nSPS) is 24.1. The van der Waals surface area contributed by atoms with Gasteiger partial charge >= 0.3 is 0 Å². The molecule has 1 aromatic rings. The summed E-state index contributed by atoms with van der Waals surface area (Å²) in [5.41, 5.74) is 1.09. The molecule has 4 unspecified atom stereocenters. The molecule has 2 saturated heterocycles. The quantitative estimate of drug-likeness (QED) is 0.339. The third kappa shape index (κ3) is 7.60. The first-order chi connectivity index (χ1) is 16.0. The molecule has 2 fully saturated rings. The van der Waals surface area contributed by atoms with Crippen LogP contribution in [0.1, 0.15) is 50.5 Å². The number of nitrogens with zero attached hydrogens (tertiary/aromatic N) is 2. The average Bonchev–Trinajstić information content (AvgIpc) is 3.08. The Morgan fingerprint density at radius 3 is 2.53 bits per heavy atom. The smallest absolute Gasteiger partial charge is 0.234 e. The van der Waals surface area contributed by atoms with Crippen LogP contribution in [-0.4, -0.2) is 77.8 Å². The molecule has 2 heterocycles. The van der Waals surface area contributed by atoms with Crippen LogP contribution in [0, 0.1) is 11.7 Å². The third-order valence-electron chi connectivity index (χ3n) is 7.19. The summed E-state index contributed by atoms with van der Waals surface area (Å²) in [6.07, 6.45) is 4.60. The van der Waals surface area contributed by atoms with Gasteiger partial charge in [0.05, 0.1) is 6.54 Å². The summed E-state index contributed by atoms with van der Waals surface area (Å²) in [6.45, 7) is 5.44. The van der Waals surface area contributed by atoms with Gasteiger partial charge in [0.25, 0.3) is 0 Å². The number of benzene rings is 1. The SMILES string of the molecule is CCC(=O)C1C(c2ccc(F)cc2)CC2CCC1N2CCCN(CCS)CC(=O)NCCS.Cl. The molecule has 0 aliphatic carbocycles. The van der Waals surface area contributed by atoms with Crippen molar-refractivity contribution in [3.8, 4) is 0 Å². The van der Waals surface area contributed by atoms with Gasteiger partial charge in [0.2, 0.25) is 5.91 Å². The Morgan fingerprint density at radius 2 is 1.88 bits per heavy atom. The van der Waals surface area contributed by atoms with Gasteiger partial charge in [-0.2, -0.15) is 25.3 Å². The van der Waals surface area contributed by atoms with Crippen molar-refractivity contribution in [2.45, 2.75) is 57.0 Å². The molecule has 0 radical (unpaired) electrons. The van der Waals surface area contributed by atoms with Gasteiger partial charge in [-0.15, -0.1) is 12.4 Å². The van der Waals surface area contributed by atoms with Crippen LogP contribution < -0.4 is 5.32 Å². The summed E-state index contributed by atoms with van der Waals surface area (Å²) >= 11 is 8.49. The van der Waals surface area contributed by atoms with Gasteiger partial charge in [-0.3, -0.25) is 19.4 Å². The lowest BCUT2D eigenvalue weighted by atomic mass is 9.73. The molecule has 192 valence electrons. The Bertz CT molecular complexity index is 786. The number of thiol groups is 2. The lowest BCUT2D eigenvalue weighted by Crippen LogP contribution is -2.51. The molecule has 0 saturated carbocycles. The van der Waals surface area contributed by atoms with Crippen LogP contribution in [0.15, 0.2) is 24.3 Å². The predicted octanol–water partition coefficient (Wildman–Crippen LogP) is 3.83. The molecule has 1 aromatic carbocycles. The Kier molecular flexibility index (Phi) is 12.7. The molecule has 3 rings (SSSR count). The number of hydrogen-bond donors (Lipinski definition) is 3. The highest BCUT2D eigenvalue weighted by molar-refractivity contribution is 7.80. The monoisotopic (exact) mass is 531 g/mol. The molecule has 2 bridgehead atoms. The van der Waals surface area contributed by atoms with Gasteiger partial charge < -0.3 is 5.32 Å². The van der Waals surface area contributed by atoms with Crippen molar-refractivity contribution in [2.24, 2.45) is 5.92 Å². The summed E-state index contributed by atoms with van der Waals surface area (Å²) in [5.74, 6) is 1.59. The maximum Gasteiger partial charge on any atom is 0.234 e. The number of Topliss-reactive ketones (excluding diaryl/α,β-unsaturated/α-hetero) is 1. The van der Waals surface area contributed by atoms with Crippen molar-refractivity contribution in [3.05, 3.63) is 35.6 Å². The average molecular weight is 532 g/mol. The molecule has 1 amide bonds. The van der Waals surface area contributed by atoms with Crippen molar-refractivity contribution in [1.29, 1.82) is 0 Å². The zero-order chi connectivity index (χ0) is 23.8. The molecular formula is C25H39ClFN3O2S2. The zero-order valence-corrected chi connectivity index (χ0v) is 22.6. The van der Waals surface area contributed by atoms with Crippen molar-refractivity contribution < 1.29 is 14.0 Å². The minimum Gasteiger partial charge on any atom is -0.354 e. The molecule has 0 aromatic heterocycles. The summed E-state index contributed by atoms with van der Waals surface area (Å²) in [6, 6.07) is 7.46. The molecule has 1 N–H and O–H groups in total. The fraction of sp³-hybridized carbons (Fsp3) is 0.680. The third-order valence-corrected chi connectivity index (χ3v) is 7.61.